The maximum absolute atomic E-state index is 4.61. The zero-order valence-electron chi connectivity index (χ0n) is 13.2. The van der Waals surface area contributed by atoms with Gasteiger partial charge in [0, 0.05) is 11.8 Å². The average Bonchev–Trinajstić information content (AvgIpc) is 3.04. The monoisotopic (exact) mass is 307 g/mol. The molecule has 0 amide bonds. The van der Waals surface area contributed by atoms with Crippen molar-refractivity contribution in [2.24, 2.45) is 0 Å². The van der Waals surface area contributed by atoms with Gasteiger partial charge in [0.1, 0.15) is 11.0 Å². The lowest BCUT2D eigenvalue weighted by Gasteiger charge is -2.18. The number of aromatic nitrogens is 6. The number of fused-ring (bicyclic) bond motifs is 1. The van der Waals surface area contributed by atoms with Crippen molar-refractivity contribution in [3.63, 3.8) is 0 Å². The highest BCUT2D eigenvalue weighted by Gasteiger charge is 2.16. The van der Waals surface area contributed by atoms with Crippen LogP contribution in [0.2, 0.25) is 0 Å². The van der Waals surface area contributed by atoms with Gasteiger partial charge >= 0.3 is 0 Å². The maximum atomic E-state index is 4.61. The van der Waals surface area contributed by atoms with Crippen LogP contribution in [0.4, 0.5) is 11.5 Å². The summed E-state index contributed by atoms with van der Waals surface area (Å²) in [6.07, 6.45) is 11.4. The van der Waals surface area contributed by atoms with Crippen molar-refractivity contribution in [2.45, 2.75) is 26.3 Å². The fourth-order valence-electron chi connectivity index (χ4n) is 2.29. The van der Waals surface area contributed by atoms with Gasteiger partial charge in [-0.25, -0.2) is 9.97 Å². The van der Waals surface area contributed by atoms with Crippen molar-refractivity contribution in [3.05, 3.63) is 42.6 Å². The van der Waals surface area contributed by atoms with Crippen molar-refractivity contribution in [2.75, 3.05) is 5.32 Å². The van der Waals surface area contributed by atoms with Crippen molar-refractivity contribution in [1.29, 1.82) is 0 Å². The zero-order chi connectivity index (χ0) is 16.0. The van der Waals surface area contributed by atoms with Gasteiger partial charge in [0.2, 0.25) is 0 Å². The van der Waals surface area contributed by atoms with Gasteiger partial charge in [0.25, 0.3) is 0 Å². The third-order valence-corrected chi connectivity index (χ3v) is 3.64. The van der Waals surface area contributed by atoms with E-state index in [0.717, 1.165) is 22.3 Å². The lowest BCUT2D eigenvalue weighted by molar-refractivity contribution is 0.355. The molecule has 3 aromatic rings. The Bertz CT molecular complexity index is 937. The second-order valence-electron chi connectivity index (χ2n) is 6.48. The third-order valence-electron chi connectivity index (χ3n) is 3.64. The van der Waals surface area contributed by atoms with Crippen LogP contribution in [-0.2, 0) is 5.54 Å². The second-order valence-corrected chi connectivity index (χ2v) is 6.48. The van der Waals surface area contributed by atoms with Crippen LogP contribution >= 0.6 is 0 Å². The first kappa shape index (κ1) is 13.7. The molecule has 0 radical (unpaired) electrons. The lowest BCUT2D eigenvalue weighted by atomic mass is 10.1. The first-order valence-corrected chi connectivity index (χ1v) is 7.43. The van der Waals surface area contributed by atoms with Crippen LogP contribution < -0.4 is 5.32 Å². The van der Waals surface area contributed by atoms with Gasteiger partial charge in [0.05, 0.1) is 23.6 Å². The van der Waals surface area contributed by atoms with E-state index in [1.807, 2.05) is 29.1 Å². The predicted octanol–water partition coefficient (Wildman–Crippen LogP) is 3.00. The molecule has 3 aromatic heterocycles. The highest BCUT2D eigenvalue weighted by atomic mass is 15.3. The van der Waals surface area contributed by atoms with Crippen LogP contribution in [0.1, 0.15) is 26.6 Å². The summed E-state index contributed by atoms with van der Waals surface area (Å²) < 4.78 is 1.92. The molecule has 3 heterocycles. The Balaban J connectivity index is 1.73. The van der Waals surface area contributed by atoms with Gasteiger partial charge in [-0.3, -0.25) is 9.78 Å². The average molecular weight is 307 g/mol. The molecule has 116 valence electrons. The van der Waals surface area contributed by atoms with Crippen LogP contribution in [0.5, 0.6) is 0 Å². The highest BCUT2D eigenvalue weighted by Crippen LogP contribution is 2.27. The number of nitrogens with one attached hydrogen (secondary N) is 2. The van der Waals surface area contributed by atoms with Gasteiger partial charge in [-0.2, -0.15) is 10.2 Å². The summed E-state index contributed by atoms with van der Waals surface area (Å²) in [5, 5.41) is 14.7. The van der Waals surface area contributed by atoms with E-state index < -0.39 is 0 Å². The van der Waals surface area contributed by atoms with E-state index >= 15 is 0 Å². The largest absolute Gasteiger partial charge is 0.336 e. The van der Waals surface area contributed by atoms with E-state index in [1.165, 1.54) is 0 Å². The summed E-state index contributed by atoms with van der Waals surface area (Å²) in [7, 11) is 0. The number of aromatic amines is 1. The quantitative estimate of drug-likeness (QED) is 0.777. The number of H-pyrrole nitrogens is 1. The molecule has 0 fully saturated rings. The Morgan fingerprint density at radius 2 is 2.00 bits per heavy atom. The normalized spacial score (nSPS) is 14.0. The van der Waals surface area contributed by atoms with Crippen molar-refractivity contribution >= 4 is 28.1 Å². The van der Waals surface area contributed by atoms with Gasteiger partial charge in [-0.05, 0) is 20.8 Å². The van der Waals surface area contributed by atoms with Gasteiger partial charge < -0.3 is 5.32 Å². The number of rotatable bonds is 3. The number of anilines is 2. The molecule has 0 bridgehead atoms. The predicted molar refractivity (Wildman–Crippen MR) is 89.3 cm³/mol. The van der Waals surface area contributed by atoms with Crippen molar-refractivity contribution < 1.29 is 0 Å². The number of nitrogens with zero attached hydrogens (tertiary/aromatic N) is 5. The van der Waals surface area contributed by atoms with Crippen LogP contribution in [0.15, 0.2) is 36.8 Å². The molecule has 0 saturated heterocycles. The summed E-state index contributed by atoms with van der Waals surface area (Å²) in [5.74, 6) is 1.38. The Kier molecular flexibility index (Phi) is 2.84. The third kappa shape index (κ3) is 2.40. The minimum atomic E-state index is -0.0678. The van der Waals surface area contributed by atoms with Gasteiger partial charge in [-0.1, -0.05) is 18.2 Å². The molecule has 0 aromatic carbocycles. The Hall–Kier alpha value is -2.96. The molecule has 7 heteroatoms. The standard InChI is InChI=1S/C16H17N7/c1-16(2,3)23-9-11(7-18-23)19-15-13-12(8-17-22-13)20-14(21-15)10-5-4-6-10/h4-9H,1-3H3,(H,17,22)(H,19,20,21). The summed E-state index contributed by atoms with van der Waals surface area (Å²) in [6.45, 7) is 6.32. The Morgan fingerprint density at radius 1 is 1.17 bits per heavy atom. The molecule has 0 aliphatic heterocycles. The summed E-state index contributed by atoms with van der Waals surface area (Å²) in [6, 6.07) is 0. The van der Waals surface area contributed by atoms with E-state index in [9.17, 15) is 0 Å². The Morgan fingerprint density at radius 3 is 2.65 bits per heavy atom. The number of allylic oxidation sites excluding steroid dienone is 4. The molecule has 7 nitrogen and oxygen atoms in total. The van der Waals surface area contributed by atoms with Crippen molar-refractivity contribution in [1.82, 2.24) is 29.9 Å². The minimum absolute atomic E-state index is 0.0678. The molecule has 0 atom stereocenters. The summed E-state index contributed by atoms with van der Waals surface area (Å²) >= 11 is 0. The molecule has 0 unspecified atom stereocenters. The van der Waals surface area contributed by atoms with Crippen LogP contribution in [0, 0.1) is 0 Å². The minimum Gasteiger partial charge on any atom is -0.336 e. The second kappa shape index (κ2) is 4.77. The zero-order valence-corrected chi connectivity index (χ0v) is 13.2. The van der Waals surface area contributed by atoms with E-state index in [0.29, 0.717) is 11.6 Å². The summed E-state index contributed by atoms with van der Waals surface area (Å²) in [5.41, 5.74) is 3.38. The summed E-state index contributed by atoms with van der Waals surface area (Å²) in [4.78, 5) is 9.13. The first-order valence-electron chi connectivity index (χ1n) is 7.43. The first-order chi connectivity index (χ1) is 11.0. The van der Waals surface area contributed by atoms with Gasteiger partial charge in [0.15, 0.2) is 11.6 Å². The molecular formula is C16H17N7. The fraction of sp³-hybridized carbons (Fsp3) is 0.250. The van der Waals surface area contributed by atoms with E-state index in [-0.39, 0.29) is 5.54 Å². The van der Waals surface area contributed by atoms with Gasteiger partial charge in [-0.15, -0.1) is 0 Å². The highest BCUT2D eigenvalue weighted by molar-refractivity contribution is 5.89. The van der Waals surface area contributed by atoms with Crippen LogP contribution in [0.3, 0.4) is 0 Å². The molecule has 0 spiro atoms. The fourth-order valence-corrected chi connectivity index (χ4v) is 2.29. The van der Waals surface area contributed by atoms with E-state index in [2.05, 4.69) is 51.4 Å². The molecular weight excluding hydrogens is 290 g/mol. The molecule has 2 N–H and O–H groups in total. The molecule has 0 saturated carbocycles. The topological polar surface area (TPSA) is 84.3 Å². The van der Waals surface area contributed by atoms with E-state index in [4.69, 9.17) is 0 Å². The molecule has 4 rings (SSSR count). The maximum Gasteiger partial charge on any atom is 0.162 e. The lowest BCUT2D eigenvalue weighted by Crippen LogP contribution is -2.21. The molecule has 1 aliphatic carbocycles. The number of hydrogen-bond acceptors (Lipinski definition) is 5. The SMILES string of the molecule is CC(C)(C)n1cc(Nc2nc(C3=CC=C3)nc3cn[nH]c23)cn1. The van der Waals surface area contributed by atoms with Crippen LogP contribution in [-0.4, -0.2) is 29.9 Å². The molecule has 23 heavy (non-hydrogen) atoms. The molecule has 1 aliphatic rings. The Labute approximate surface area is 133 Å². The van der Waals surface area contributed by atoms with Crippen molar-refractivity contribution in [3.8, 4) is 0 Å². The number of hydrogen-bond donors (Lipinski definition) is 2. The van der Waals surface area contributed by atoms with Crippen LogP contribution in [0.25, 0.3) is 16.6 Å². The smallest absolute Gasteiger partial charge is 0.162 e. The van der Waals surface area contributed by atoms with E-state index in [1.54, 1.807) is 12.4 Å².